The van der Waals surface area contributed by atoms with E-state index in [1.54, 1.807) is 0 Å². The zero-order chi connectivity index (χ0) is 20.1. The molecule has 0 bridgehead atoms. The number of anilines is 2. The molecule has 1 saturated carbocycles. The van der Waals surface area contributed by atoms with Crippen LogP contribution in [0.25, 0.3) is 0 Å². The number of aliphatic hydroxyl groups excluding tert-OH is 1. The molecule has 0 amide bonds. The summed E-state index contributed by atoms with van der Waals surface area (Å²) in [6.45, 7) is 2.54. The number of aliphatic hydroxyl groups is 1. The third kappa shape index (κ3) is 3.21. The summed E-state index contributed by atoms with van der Waals surface area (Å²) < 4.78 is 11.9. The van der Waals surface area contributed by atoms with Gasteiger partial charge in [0.15, 0.2) is 17.5 Å². The summed E-state index contributed by atoms with van der Waals surface area (Å²) in [6.07, 6.45) is 9.28. The molecular formula is C22H29N5O3. The van der Waals surface area contributed by atoms with Crippen molar-refractivity contribution in [3.05, 3.63) is 23.0 Å². The van der Waals surface area contributed by atoms with Crippen molar-refractivity contribution in [1.82, 2.24) is 15.0 Å². The molecule has 4 aliphatic rings. The number of hydrogen-bond acceptors (Lipinski definition) is 8. The number of piperidine rings is 1. The summed E-state index contributed by atoms with van der Waals surface area (Å²) in [5, 5.41) is 13.2. The van der Waals surface area contributed by atoms with Crippen molar-refractivity contribution < 1.29 is 14.3 Å². The molecule has 160 valence electrons. The van der Waals surface area contributed by atoms with Crippen LogP contribution in [0.4, 0.5) is 11.8 Å². The van der Waals surface area contributed by atoms with E-state index in [1.807, 2.05) is 0 Å². The first kappa shape index (κ1) is 18.4. The number of oxazole rings is 1. The van der Waals surface area contributed by atoms with Crippen molar-refractivity contribution in [2.24, 2.45) is 0 Å². The average Bonchev–Trinajstić information content (AvgIpc) is 3.20. The molecule has 4 heterocycles. The van der Waals surface area contributed by atoms with Gasteiger partial charge in [-0.2, -0.15) is 4.98 Å². The summed E-state index contributed by atoms with van der Waals surface area (Å²) in [5.41, 5.74) is 1.93. The molecule has 0 aromatic carbocycles. The average molecular weight is 412 g/mol. The lowest BCUT2D eigenvalue weighted by Crippen LogP contribution is -2.35. The highest BCUT2D eigenvalue weighted by atomic mass is 16.5. The Balaban J connectivity index is 1.19. The SMILES string of the molecule is OCC1(Nc2nc(N3CCC(c4nc5c(o4)CCCC5)CC3)nc3c2OCC3)CC1. The smallest absolute Gasteiger partial charge is 0.227 e. The van der Waals surface area contributed by atoms with Crippen molar-refractivity contribution in [1.29, 1.82) is 0 Å². The highest BCUT2D eigenvalue weighted by Gasteiger charge is 2.43. The minimum atomic E-state index is -0.234. The van der Waals surface area contributed by atoms with Gasteiger partial charge in [0.25, 0.3) is 0 Å². The maximum Gasteiger partial charge on any atom is 0.227 e. The number of hydrogen-bond donors (Lipinski definition) is 2. The Labute approximate surface area is 176 Å². The van der Waals surface area contributed by atoms with Crippen LogP contribution in [0.1, 0.15) is 67.5 Å². The molecule has 2 aromatic heterocycles. The lowest BCUT2D eigenvalue weighted by Gasteiger charge is -2.31. The number of aryl methyl sites for hydroxylation is 2. The normalized spacial score (nSPS) is 22.4. The number of nitrogens with zero attached hydrogens (tertiary/aromatic N) is 4. The quantitative estimate of drug-likeness (QED) is 0.775. The van der Waals surface area contributed by atoms with Crippen LogP contribution >= 0.6 is 0 Å². The van der Waals surface area contributed by atoms with E-state index in [0.29, 0.717) is 12.5 Å². The molecule has 1 saturated heterocycles. The molecule has 0 unspecified atom stereocenters. The largest absolute Gasteiger partial charge is 0.487 e. The molecule has 0 atom stereocenters. The Kier molecular flexibility index (Phi) is 4.37. The Morgan fingerprint density at radius 2 is 1.87 bits per heavy atom. The number of ether oxygens (including phenoxy) is 1. The third-order valence-corrected chi connectivity index (χ3v) is 7.04. The Morgan fingerprint density at radius 1 is 1.03 bits per heavy atom. The van der Waals surface area contributed by atoms with Crippen LogP contribution < -0.4 is 15.0 Å². The molecule has 30 heavy (non-hydrogen) atoms. The molecule has 0 spiro atoms. The van der Waals surface area contributed by atoms with Crippen molar-refractivity contribution >= 4 is 11.8 Å². The van der Waals surface area contributed by atoms with Gasteiger partial charge in [-0.25, -0.2) is 9.97 Å². The Bertz CT molecular complexity index is 923. The summed E-state index contributed by atoms with van der Waals surface area (Å²) in [7, 11) is 0. The predicted molar refractivity (Wildman–Crippen MR) is 111 cm³/mol. The zero-order valence-corrected chi connectivity index (χ0v) is 17.3. The Morgan fingerprint density at radius 3 is 2.63 bits per heavy atom. The fourth-order valence-electron chi connectivity index (χ4n) is 4.88. The lowest BCUT2D eigenvalue weighted by atomic mass is 9.97. The predicted octanol–water partition coefficient (Wildman–Crippen LogP) is 2.60. The van der Waals surface area contributed by atoms with Gasteiger partial charge in [-0.15, -0.1) is 0 Å². The maximum atomic E-state index is 9.71. The molecule has 0 radical (unpaired) electrons. The van der Waals surface area contributed by atoms with E-state index < -0.39 is 0 Å². The highest BCUT2D eigenvalue weighted by molar-refractivity contribution is 5.60. The standard InChI is InChI=1S/C22H29N5O3/c28-13-22(8-9-22)26-19-18-16(7-12-29-18)24-21(25-19)27-10-5-14(6-11-27)20-23-15-3-1-2-4-17(15)30-20/h14,28H,1-13H2,(H,24,25,26). The fourth-order valence-corrected chi connectivity index (χ4v) is 4.88. The van der Waals surface area contributed by atoms with Gasteiger partial charge >= 0.3 is 0 Å². The molecule has 6 rings (SSSR count). The number of rotatable bonds is 5. The van der Waals surface area contributed by atoms with Gasteiger partial charge in [-0.1, -0.05) is 0 Å². The van der Waals surface area contributed by atoms with Crippen molar-refractivity contribution in [3.8, 4) is 5.75 Å². The second-order valence-corrected chi connectivity index (χ2v) is 9.20. The monoisotopic (exact) mass is 411 g/mol. The molecular weight excluding hydrogens is 382 g/mol. The summed E-state index contributed by atoms with van der Waals surface area (Å²) >= 11 is 0. The Hall–Kier alpha value is -2.35. The van der Waals surface area contributed by atoms with Crippen LogP contribution in [0.3, 0.4) is 0 Å². The molecule has 2 fully saturated rings. The van der Waals surface area contributed by atoms with Crippen molar-refractivity contribution in [3.63, 3.8) is 0 Å². The van der Waals surface area contributed by atoms with Gasteiger partial charge in [-0.05, 0) is 44.9 Å². The van der Waals surface area contributed by atoms with E-state index in [-0.39, 0.29) is 12.1 Å². The third-order valence-electron chi connectivity index (χ3n) is 7.04. The summed E-state index contributed by atoms with van der Waals surface area (Å²) in [5.74, 6) is 4.70. The van der Waals surface area contributed by atoms with E-state index in [0.717, 1.165) is 92.9 Å². The first-order chi connectivity index (χ1) is 14.7. The van der Waals surface area contributed by atoms with E-state index in [4.69, 9.17) is 24.1 Å². The number of aromatic nitrogens is 3. The molecule has 8 nitrogen and oxygen atoms in total. The van der Waals surface area contributed by atoms with Crippen molar-refractivity contribution in [2.75, 3.05) is 36.5 Å². The topological polar surface area (TPSA) is 96.5 Å². The molecule has 8 heteroatoms. The minimum absolute atomic E-state index is 0.118. The summed E-state index contributed by atoms with van der Waals surface area (Å²) in [4.78, 5) is 16.7. The van der Waals surface area contributed by atoms with Gasteiger partial charge in [0.1, 0.15) is 5.76 Å². The van der Waals surface area contributed by atoms with E-state index in [9.17, 15) is 5.11 Å². The van der Waals surface area contributed by atoms with Crippen LogP contribution in [0.15, 0.2) is 4.42 Å². The first-order valence-corrected chi connectivity index (χ1v) is 11.4. The fraction of sp³-hybridized carbons (Fsp3) is 0.682. The molecule has 2 aliphatic heterocycles. The van der Waals surface area contributed by atoms with Crippen molar-refractivity contribution in [2.45, 2.75) is 69.2 Å². The van der Waals surface area contributed by atoms with Crippen LogP contribution in [-0.2, 0) is 19.3 Å². The van der Waals surface area contributed by atoms with Gasteiger partial charge in [0.05, 0.1) is 30.1 Å². The molecule has 2 aromatic rings. The van der Waals surface area contributed by atoms with E-state index >= 15 is 0 Å². The second-order valence-electron chi connectivity index (χ2n) is 9.20. The van der Waals surface area contributed by atoms with Crippen LogP contribution in [0.2, 0.25) is 0 Å². The van der Waals surface area contributed by atoms with Crippen LogP contribution in [0, 0.1) is 0 Å². The van der Waals surface area contributed by atoms with Gasteiger partial charge < -0.3 is 24.5 Å². The number of nitrogens with one attached hydrogen (secondary N) is 1. The van der Waals surface area contributed by atoms with E-state index in [2.05, 4.69) is 10.2 Å². The maximum absolute atomic E-state index is 9.71. The first-order valence-electron chi connectivity index (χ1n) is 11.4. The minimum Gasteiger partial charge on any atom is -0.487 e. The zero-order valence-electron chi connectivity index (χ0n) is 17.3. The van der Waals surface area contributed by atoms with Crippen LogP contribution in [-0.4, -0.2) is 51.9 Å². The van der Waals surface area contributed by atoms with Gasteiger partial charge in [0, 0.05) is 31.8 Å². The molecule has 2 N–H and O–H groups in total. The summed E-state index contributed by atoms with van der Waals surface area (Å²) in [6, 6.07) is 0. The number of fused-ring (bicyclic) bond motifs is 2. The second kappa shape index (κ2) is 7.11. The van der Waals surface area contributed by atoms with Gasteiger partial charge in [-0.3, -0.25) is 0 Å². The highest BCUT2D eigenvalue weighted by Crippen LogP contribution is 2.42. The van der Waals surface area contributed by atoms with Gasteiger partial charge in [0.2, 0.25) is 5.95 Å². The lowest BCUT2D eigenvalue weighted by molar-refractivity contribution is 0.265. The van der Waals surface area contributed by atoms with E-state index in [1.165, 1.54) is 18.5 Å². The molecule has 2 aliphatic carbocycles. The van der Waals surface area contributed by atoms with Crippen LogP contribution in [0.5, 0.6) is 5.75 Å².